The Kier molecular flexibility index (Phi) is 8.76. The molecular weight excluding hydrogens is 298 g/mol. The lowest BCUT2D eigenvalue weighted by atomic mass is 10.3. The Morgan fingerprint density at radius 1 is 1.13 bits per heavy atom. The summed E-state index contributed by atoms with van der Waals surface area (Å²) in [6.07, 6.45) is 0.169. The van der Waals surface area contributed by atoms with Crippen LogP contribution in [-0.4, -0.2) is 38.7 Å². The number of benzene rings is 1. The Balaban J connectivity index is 2.20. The van der Waals surface area contributed by atoms with Crippen LogP contribution in [0.2, 0.25) is 0 Å². The highest BCUT2D eigenvalue weighted by Crippen LogP contribution is 2.25. The fourth-order valence-electron chi connectivity index (χ4n) is 1.65. The largest absolute Gasteiger partial charge is 0.493 e. The van der Waals surface area contributed by atoms with E-state index in [2.05, 4.69) is 17.2 Å². The van der Waals surface area contributed by atoms with Crippen LogP contribution in [0, 0.1) is 11.8 Å². The summed E-state index contributed by atoms with van der Waals surface area (Å²) in [5, 5.41) is 2.60. The normalized spacial score (nSPS) is 9.30. The molecular formula is C17H21NO5. The van der Waals surface area contributed by atoms with Crippen LogP contribution in [0.5, 0.6) is 11.5 Å². The van der Waals surface area contributed by atoms with Crippen molar-refractivity contribution >= 4 is 11.9 Å². The zero-order valence-corrected chi connectivity index (χ0v) is 13.4. The van der Waals surface area contributed by atoms with Gasteiger partial charge in [-0.25, -0.2) is 0 Å². The molecule has 0 atom stereocenters. The lowest BCUT2D eigenvalue weighted by Gasteiger charge is -2.07. The molecule has 0 aliphatic carbocycles. The van der Waals surface area contributed by atoms with E-state index in [0.29, 0.717) is 18.1 Å². The molecule has 0 unspecified atom stereocenters. The molecule has 0 radical (unpaired) electrons. The number of carbonyl (C=O) groups excluding carboxylic acids is 2. The fraction of sp³-hybridized carbons (Fsp3) is 0.412. The molecule has 1 aromatic rings. The van der Waals surface area contributed by atoms with Crippen LogP contribution >= 0.6 is 0 Å². The van der Waals surface area contributed by atoms with Gasteiger partial charge in [-0.2, -0.15) is 0 Å². The first kappa shape index (κ1) is 18.4. The number of hydrogen-bond donors (Lipinski definition) is 1. The summed E-state index contributed by atoms with van der Waals surface area (Å²) in [5.41, 5.74) is 0. The molecule has 1 amide bonds. The number of carbonyl (C=O) groups is 2. The second kappa shape index (κ2) is 11.0. The summed E-state index contributed by atoms with van der Waals surface area (Å²) in [6.45, 7) is 2.44. The molecule has 6 heteroatoms. The predicted molar refractivity (Wildman–Crippen MR) is 85.1 cm³/mol. The highest BCUT2D eigenvalue weighted by molar-refractivity contribution is 5.81. The van der Waals surface area contributed by atoms with Crippen molar-refractivity contribution in [1.29, 1.82) is 0 Å². The van der Waals surface area contributed by atoms with Crippen molar-refractivity contribution in [2.45, 2.75) is 19.8 Å². The van der Waals surface area contributed by atoms with Gasteiger partial charge in [0.05, 0.1) is 26.7 Å². The lowest BCUT2D eigenvalue weighted by molar-refractivity contribution is -0.144. The zero-order valence-electron chi connectivity index (χ0n) is 13.4. The second-order valence-corrected chi connectivity index (χ2v) is 4.37. The fourth-order valence-corrected chi connectivity index (χ4v) is 1.65. The van der Waals surface area contributed by atoms with E-state index < -0.39 is 0 Å². The second-order valence-electron chi connectivity index (χ2n) is 4.37. The van der Waals surface area contributed by atoms with Gasteiger partial charge in [-0.3, -0.25) is 9.59 Å². The van der Waals surface area contributed by atoms with Crippen molar-refractivity contribution in [1.82, 2.24) is 5.32 Å². The molecule has 0 aliphatic heterocycles. The summed E-state index contributed by atoms with van der Waals surface area (Å²) >= 11 is 0. The summed E-state index contributed by atoms with van der Waals surface area (Å²) in [7, 11) is 1.57. The highest BCUT2D eigenvalue weighted by atomic mass is 16.5. The molecule has 0 aromatic heterocycles. The summed E-state index contributed by atoms with van der Waals surface area (Å²) in [6, 6.07) is 7.28. The molecule has 0 bridgehead atoms. The van der Waals surface area contributed by atoms with Gasteiger partial charge >= 0.3 is 5.97 Å². The minimum absolute atomic E-state index is 0.0734. The first-order valence-corrected chi connectivity index (χ1v) is 7.31. The van der Waals surface area contributed by atoms with Crippen LogP contribution in [0.1, 0.15) is 19.8 Å². The molecule has 1 rings (SSSR count). The van der Waals surface area contributed by atoms with Gasteiger partial charge in [0, 0.05) is 6.42 Å². The molecule has 1 aromatic carbocycles. The molecule has 0 spiro atoms. The third kappa shape index (κ3) is 7.77. The Bertz CT molecular complexity index is 574. The third-order valence-electron chi connectivity index (χ3n) is 2.73. The van der Waals surface area contributed by atoms with Gasteiger partial charge in [0.25, 0.3) is 0 Å². The molecule has 0 heterocycles. The number of para-hydroxylation sites is 2. The van der Waals surface area contributed by atoms with E-state index in [-0.39, 0.29) is 37.9 Å². The first-order valence-electron chi connectivity index (χ1n) is 7.31. The molecule has 124 valence electrons. The Morgan fingerprint density at radius 3 is 2.57 bits per heavy atom. The van der Waals surface area contributed by atoms with Crippen LogP contribution in [0.4, 0.5) is 0 Å². The van der Waals surface area contributed by atoms with E-state index in [1.54, 1.807) is 26.2 Å². The van der Waals surface area contributed by atoms with Gasteiger partial charge in [-0.1, -0.05) is 24.0 Å². The Hall–Kier alpha value is -2.68. The van der Waals surface area contributed by atoms with Gasteiger partial charge in [0.1, 0.15) is 6.61 Å². The molecule has 1 N–H and O–H groups in total. The van der Waals surface area contributed by atoms with E-state index in [4.69, 9.17) is 14.2 Å². The topological polar surface area (TPSA) is 73.9 Å². The molecule has 23 heavy (non-hydrogen) atoms. The number of amides is 1. The van der Waals surface area contributed by atoms with Gasteiger partial charge in [-0.15, -0.1) is 0 Å². The Morgan fingerprint density at radius 2 is 1.87 bits per heavy atom. The van der Waals surface area contributed by atoms with Gasteiger partial charge in [0.2, 0.25) is 5.91 Å². The van der Waals surface area contributed by atoms with Crippen LogP contribution in [0.15, 0.2) is 24.3 Å². The molecule has 0 fully saturated rings. The predicted octanol–water partition coefficient (Wildman–Crippen LogP) is 1.54. The average Bonchev–Trinajstić information content (AvgIpc) is 2.56. The standard InChI is InChI=1S/C17H21NO5/c1-3-22-17(20)11-10-16(19)18-12-6-7-13-23-15-9-5-4-8-14(15)21-2/h4-5,8-9H,3,10-13H2,1-2H3,(H,18,19). The van der Waals surface area contributed by atoms with Gasteiger partial charge in [0.15, 0.2) is 11.5 Å². The maximum absolute atomic E-state index is 11.5. The van der Waals surface area contributed by atoms with E-state index >= 15 is 0 Å². The monoisotopic (exact) mass is 319 g/mol. The Labute approximate surface area is 136 Å². The van der Waals surface area contributed by atoms with Crippen molar-refractivity contribution in [2.24, 2.45) is 0 Å². The highest BCUT2D eigenvalue weighted by Gasteiger charge is 2.06. The molecule has 0 aliphatic rings. The van der Waals surface area contributed by atoms with Crippen LogP contribution < -0.4 is 14.8 Å². The number of esters is 1. The van der Waals surface area contributed by atoms with Crippen molar-refractivity contribution in [3.8, 4) is 23.3 Å². The van der Waals surface area contributed by atoms with E-state index in [1.807, 2.05) is 12.1 Å². The number of methoxy groups -OCH3 is 1. The van der Waals surface area contributed by atoms with Gasteiger partial charge < -0.3 is 19.5 Å². The van der Waals surface area contributed by atoms with Crippen molar-refractivity contribution in [3.63, 3.8) is 0 Å². The van der Waals surface area contributed by atoms with Gasteiger partial charge in [-0.05, 0) is 19.1 Å². The van der Waals surface area contributed by atoms with Crippen LogP contribution in [-0.2, 0) is 14.3 Å². The summed E-state index contributed by atoms with van der Waals surface area (Å²) in [4.78, 5) is 22.5. The third-order valence-corrected chi connectivity index (χ3v) is 2.73. The van der Waals surface area contributed by atoms with E-state index in [9.17, 15) is 9.59 Å². The molecule has 6 nitrogen and oxygen atoms in total. The summed E-state index contributed by atoms with van der Waals surface area (Å²) < 4.78 is 15.4. The zero-order chi connectivity index (χ0) is 16.9. The van der Waals surface area contributed by atoms with Crippen LogP contribution in [0.3, 0.4) is 0 Å². The maximum atomic E-state index is 11.5. The van der Waals surface area contributed by atoms with Crippen molar-refractivity contribution < 1.29 is 23.8 Å². The molecule has 0 saturated carbocycles. The minimum Gasteiger partial charge on any atom is -0.493 e. The number of rotatable bonds is 8. The number of hydrogen-bond acceptors (Lipinski definition) is 5. The summed E-state index contributed by atoms with van der Waals surface area (Å²) in [5.74, 6) is 6.20. The lowest BCUT2D eigenvalue weighted by Crippen LogP contribution is -2.24. The maximum Gasteiger partial charge on any atom is 0.306 e. The van der Waals surface area contributed by atoms with Crippen molar-refractivity contribution in [2.75, 3.05) is 26.9 Å². The van der Waals surface area contributed by atoms with Crippen molar-refractivity contribution in [3.05, 3.63) is 24.3 Å². The SMILES string of the molecule is CCOC(=O)CCC(=O)NCC#CCOc1ccccc1OC. The minimum atomic E-state index is -0.376. The molecule has 0 saturated heterocycles. The van der Waals surface area contributed by atoms with Crippen LogP contribution in [0.25, 0.3) is 0 Å². The number of nitrogens with one attached hydrogen (secondary N) is 1. The number of ether oxygens (including phenoxy) is 3. The first-order chi connectivity index (χ1) is 11.2. The smallest absolute Gasteiger partial charge is 0.306 e. The van der Waals surface area contributed by atoms with E-state index in [0.717, 1.165) is 0 Å². The van der Waals surface area contributed by atoms with E-state index in [1.165, 1.54) is 0 Å². The quantitative estimate of drug-likeness (QED) is 0.581. The average molecular weight is 319 g/mol.